The van der Waals surface area contributed by atoms with E-state index in [1.54, 1.807) is 11.9 Å². The molecule has 1 N–H and O–H groups in total. The van der Waals surface area contributed by atoms with Crippen molar-refractivity contribution >= 4 is 34.1 Å². The fourth-order valence-electron chi connectivity index (χ4n) is 3.84. The summed E-state index contributed by atoms with van der Waals surface area (Å²) in [6, 6.07) is 0. The average Bonchev–Trinajstić information content (AvgIpc) is 2.99. The fourth-order valence-corrected chi connectivity index (χ4v) is 5.14. The number of rotatable bonds is 4. The van der Waals surface area contributed by atoms with Crippen molar-refractivity contribution in [2.75, 3.05) is 39.1 Å². The third-order valence-corrected chi connectivity index (χ3v) is 6.72. The molecule has 1 aliphatic carbocycles. The van der Waals surface area contributed by atoms with E-state index < -0.39 is 11.5 Å². The number of anilines is 1. The van der Waals surface area contributed by atoms with E-state index in [2.05, 4.69) is 5.32 Å². The van der Waals surface area contributed by atoms with Crippen LogP contribution in [0.15, 0.2) is 0 Å². The Morgan fingerprint density at radius 1 is 1.22 bits per heavy atom. The topological polar surface area (TPSA) is 79.0 Å². The van der Waals surface area contributed by atoms with Gasteiger partial charge in [-0.25, -0.2) is 4.79 Å². The lowest BCUT2D eigenvalue weighted by Crippen LogP contribution is -2.63. The van der Waals surface area contributed by atoms with E-state index in [1.807, 2.05) is 18.7 Å². The monoisotopic (exact) mass is 393 g/mol. The van der Waals surface area contributed by atoms with Gasteiger partial charge in [-0.2, -0.15) is 0 Å². The first-order valence-corrected chi connectivity index (χ1v) is 10.1. The first-order valence-electron chi connectivity index (χ1n) is 9.29. The molecule has 0 unspecified atom stereocenters. The molecule has 148 valence electrons. The Labute approximate surface area is 163 Å². The highest BCUT2D eigenvalue weighted by atomic mass is 32.1. The highest BCUT2D eigenvalue weighted by Gasteiger charge is 2.41. The van der Waals surface area contributed by atoms with E-state index in [-0.39, 0.29) is 18.4 Å². The number of carbonyl (C=O) groups is 3. The lowest BCUT2D eigenvalue weighted by molar-refractivity contribution is -0.147. The molecule has 7 nitrogen and oxygen atoms in total. The van der Waals surface area contributed by atoms with Crippen molar-refractivity contribution in [2.24, 2.45) is 0 Å². The number of likely N-dealkylation sites (N-methyl/N-ethyl adjacent to an activating group) is 1. The molecule has 1 fully saturated rings. The average molecular weight is 394 g/mol. The Morgan fingerprint density at radius 2 is 1.93 bits per heavy atom. The number of thiophene rings is 1. The number of piperazine rings is 1. The van der Waals surface area contributed by atoms with Gasteiger partial charge in [0, 0.05) is 25.0 Å². The summed E-state index contributed by atoms with van der Waals surface area (Å²) in [5.74, 6) is -0.618. The number of amides is 2. The molecule has 1 saturated heterocycles. The molecule has 0 bridgehead atoms. The molecule has 3 rings (SSSR count). The summed E-state index contributed by atoms with van der Waals surface area (Å²) in [4.78, 5) is 42.1. The molecule has 1 aromatic rings. The SMILES string of the molecule is COC(=O)c1c(NC(=O)CN2CCN(C)C(=O)C2(C)C)sc2c1CCCC2. The molecule has 8 heteroatoms. The summed E-state index contributed by atoms with van der Waals surface area (Å²) in [5.41, 5.74) is 0.785. The van der Waals surface area contributed by atoms with Crippen LogP contribution in [-0.4, -0.2) is 66.9 Å². The standard InChI is InChI=1S/C19H27N3O4S/c1-19(2)18(25)21(3)9-10-22(19)11-14(23)20-16-15(17(24)26-4)12-7-5-6-8-13(12)27-16/h5-11H2,1-4H3,(H,20,23). The Morgan fingerprint density at radius 3 is 2.63 bits per heavy atom. The summed E-state index contributed by atoms with van der Waals surface area (Å²) in [5, 5.41) is 3.47. The highest BCUT2D eigenvalue weighted by Crippen LogP contribution is 2.38. The molecule has 0 atom stereocenters. The van der Waals surface area contributed by atoms with Gasteiger partial charge in [-0.1, -0.05) is 0 Å². The van der Waals surface area contributed by atoms with E-state index in [0.717, 1.165) is 36.1 Å². The molecule has 2 aliphatic rings. The van der Waals surface area contributed by atoms with E-state index in [4.69, 9.17) is 4.74 Å². The van der Waals surface area contributed by atoms with Crippen molar-refractivity contribution < 1.29 is 19.1 Å². The van der Waals surface area contributed by atoms with Crippen molar-refractivity contribution in [3.8, 4) is 0 Å². The number of ether oxygens (including phenoxy) is 1. The lowest BCUT2D eigenvalue weighted by Gasteiger charge is -2.44. The zero-order valence-electron chi connectivity index (χ0n) is 16.4. The van der Waals surface area contributed by atoms with E-state index in [9.17, 15) is 14.4 Å². The van der Waals surface area contributed by atoms with Crippen LogP contribution in [0.25, 0.3) is 0 Å². The predicted molar refractivity (Wildman–Crippen MR) is 104 cm³/mol. The molecule has 0 aromatic carbocycles. The molecule has 0 saturated carbocycles. The second-order valence-corrected chi connectivity index (χ2v) is 8.77. The predicted octanol–water partition coefficient (Wildman–Crippen LogP) is 1.90. The molecule has 1 aliphatic heterocycles. The number of carbonyl (C=O) groups excluding carboxylic acids is 3. The summed E-state index contributed by atoms with van der Waals surface area (Å²) in [6.07, 6.45) is 3.91. The Hall–Kier alpha value is -1.93. The van der Waals surface area contributed by atoms with Crippen molar-refractivity contribution in [3.63, 3.8) is 0 Å². The first kappa shape index (κ1) is 19.8. The van der Waals surface area contributed by atoms with Gasteiger partial charge in [0.25, 0.3) is 0 Å². The third kappa shape index (κ3) is 3.73. The maximum Gasteiger partial charge on any atom is 0.341 e. The smallest absolute Gasteiger partial charge is 0.341 e. The number of hydrogen-bond acceptors (Lipinski definition) is 6. The summed E-state index contributed by atoms with van der Waals surface area (Å²) >= 11 is 1.47. The summed E-state index contributed by atoms with van der Waals surface area (Å²) in [7, 11) is 3.14. The number of methoxy groups -OCH3 is 1. The minimum atomic E-state index is -0.732. The molecule has 2 amide bonds. The van der Waals surface area contributed by atoms with Gasteiger partial charge >= 0.3 is 5.97 Å². The van der Waals surface area contributed by atoms with Gasteiger partial charge in [0.05, 0.1) is 24.8 Å². The Balaban J connectivity index is 1.77. The van der Waals surface area contributed by atoms with Crippen LogP contribution in [0.3, 0.4) is 0 Å². The van der Waals surface area contributed by atoms with Crippen LogP contribution in [0.2, 0.25) is 0 Å². The second-order valence-electron chi connectivity index (χ2n) is 7.66. The number of nitrogens with zero attached hydrogens (tertiary/aromatic N) is 2. The Bertz CT molecular complexity index is 771. The van der Waals surface area contributed by atoms with Crippen LogP contribution in [0.1, 0.15) is 47.5 Å². The van der Waals surface area contributed by atoms with E-state index in [0.29, 0.717) is 23.7 Å². The van der Waals surface area contributed by atoms with Gasteiger partial charge in [0.15, 0.2) is 0 Å². The quantitative estimate of drug-likeness (QED) is 0.791. The zero-order chi connectivity index (χ0) is 19.8. The maximum absolute atomic E-state index is 12.7. The van der Waals surface area contributed by atoms with Gasteiger partial charge in [-0.05, 0) is 45.1 Å². The van der Waals surface area contributed by atoms with Crippen LogP contribution >= 0.6 is 11.3 Å². The lowest BCUT2D eigenvalue weighted by atomic mass is 9.95. The minimum Gasteiger partial charge on any atom is -0.465 e. The van der Waals surface area contributed by atoms with Crippen LogP contribution in [0, 0.1) is 0 Å². The highest BCUT2D eigenvalue weighted by molar-refractivity contribution is 7.17. The number of fused-ring (bicyclic) bond motifs is 1. The molecule has 1 aromatic heterocycles. The van der Waals surface area contributed by atoms with Crippen molar-refractivity contribution in [1.82, 2.24) is 9.80 Å². The molecule has 0 spiro atoms. The maximum atomic E-state index is 12.7. The summed E-state index contributed by atoms with van der Waals surface area (Å²) < 4.78 is 4.95. The molecule has 2 heterocycles. The molecule has 27 heavy (non-hydrogen) atoms. The van der Waals surface area contributed by atoms with Gasteiger partial charge in [0.1, 0.15) is 5.00 Å². The number of nitrogens with one attached hydrogen (secondary N) is 1. The largest absolute Gasteiger partial charge is 0.465 e. The van der Waals surface area contributed by atoms with Gasteiger partial charge in [-0.3, -0.25) is 14.5 Å². The van der Waals surface area contributed by atoms with Gasteiger partial charge in [-0.15, -0.1) is 11.3 Å². The van der Waals surface area contributed by atoms with E-state index >= 15 is 0 Å². The van der Waals surface area contributed by atoms with Crippen LogP contribution in [0.4, 0.5) is 5.00 Å². The minimum absolute atomic E-state index is 0.00314. The number of aryl methyl sites for hydroxylation is 1. The normalized spacial score (nSPS) is 19.6. The first-order chi connectivity index (χ1) is 12.8. The number of esters is 1. The van der Waals surface area contributed by atoms with Gasteiger partial charge < -0.3 is 15.0 Å². The molecular weight excluding hydrogens is 366 g/mol. The van der Waals surface area contributed by atoms with E-state index in [1.165, 1.54) is 18.4 Å². The van der Waals surface area contributed by atoms with Crippen molar-refractivity contribution in [2.45, 2.75) is 45.1 Å². The van der Waals surface area contributed by atoms with Crippen LogP contribution < -0.4 is 5.32 Å². The fraction of sp³-hybridized carbons (Fsp3) is 0.632. The Kier molecular flexibility index (Phi) is 5.58. The van der Waals surface area contributed by atoms with Crippen molar-refractivity contribution in [3.05, 3.63) is 16.0 Å². The van der Waals surface area contributed by atoms with Crippen molar-refractivity contribution in [1.29, 1.82) is 0 Å². The summed E-state index contributed by atoms with van der Waals surface area (Å²) in [6.45, 7) is 5.00. The second kappa shape index (κ2) is 7.59. The number of hydrogen-bond donors (Lipinski definition) is 1. The third-order valence-electron chi connectivity index (χ3n) is 5.51. The van der Waals surface area contributed by atoms with Crippen LogP contribution in [-0.2, 0) is 27.2 Å². The van der Waals surface area contributed by atoms with Crippen LogP contribution in [0.5, 0.6) is 0 Å². The zero-order valence-corrected chi connectivity index (χ0v) is 17.2. The molecule has 0 radical (unpaired) electrons. The van der Waals surface area contributed by atoms with Gasteiger partial charge in [0.2, 0.25) is 11.8 Å². The molecular formula is C19H27N3O4S.